The molecule has 0 unspecified atom stereocenters. The van der Waals surface area contributed by atoms with E-state index >= 15 is 0 Å². The largest absolute Gasteiger partial charge is 0.356 e. The fraction of sp³-hybridized carbons (Fsp3) is 0.519. The van der Waals surface area contributed by atoms with Gasteiger partial charge < -0.3 is 9.47 Å². The van der Waals surface area contributed by atoms with Crippen LogP contribution in [0.3, 0.4) is 0 Å². The van der Waals surface area contributed by atoms with Gasteiger partial charge in [-0.2, -0.15) is 5.26 Å². The van der Waals surface area contributed by atoms with E-state index in [0.29, 0.717) is 0 Å². The molecule has 5 nitrogen and oxygen atoms in total. The highest BCUT2D eigenvalue weighted by molar-refractivity contribution is 5.46. The molecular weight excluding hydrogens is 394 g/mol. The highest BCUT2D eigenvalue weighted by atomic mass is 15.2. The SMILES string of the molecule is C/C=C\CCCN(CC(C)(C)C)c1nc(C#N)ncc1C.CC.CC/C=C/n1cccc1. The summed E-state index contributed by atoms with van der Waals surface area (Å²) >= 11 is 0. The van der Waals surface area contributed by atoms with Crippen LogP contribution in [-0.4, -0.2) is 27.6 Å². The summed E-state index contributed by atoms with van der Waals surface area (Å²) in [5.74, 6) is 1.12. The molecule has 0 amide bonds. The lowest BCUT2D eigenvalue weighted by Gasteiger charge is -2.31. The van der Waals surface area contributed by atoms with Gasteiger partial charge in [0.25, 0.3) is 0 Å². The first kappa shape index (κ1) is 29.1. The highest BCUT2D eigenvalue weighted by Crippen LogP contribution is 2.23. The van der Waals surface area contributed by atoms with Gasteiger partial charge in [-0.15, -0.1) is 0 Å². The minimum atomic E-state index is 0.171. The molecule has 0 saturated heterocycles. The Morgan fingerprint density at radius 2 is 1.81 bits per heavy atom. The maximum absolute atomic E-state index is 9.01. The molecule has 0 saturated carbocycles. The molecule has 0 fully saturated rings. The number of hydrogen-bond donors (Lipinski definition) is 0. The maximum atomic E-state index is 9.01. The molecule has 2 heterocycles. The topological polar surface area (TPSA) is 57.7 Å². The van der Waals surface area contributed by atoms with Crippen molar-refractivity contribution in [2.45, 2.75) is 74.7 Å². The quantitative estimate of drug-likeness (QED) is 0.322. The summed E-state index contributed by atoms with van der Waals surface area (Å²) in [6, 6.07) is 6.06. The summed E-state index contributed by atoms with van der Waals surface area (Å²) in [6.45, 7) is 18.7. The van der Waals surface area contributed by atoms with E-state index in [1.165, 1.54) is 0 Å². The molecule has 5 heteroatoms. The van der Waals surface area contributed by atoms with Gasteiger partial charge in [0.1, 0.15) is 11.9 Å². The van der Waals surface area contributed by atoms with Crippen LogP contribution in [0.1, 0.15) is 79.1 Å². The van der Waals surface area contributed by atoms with Crippen LogP contribution in [0.25, 0.3) is 6.20 Å². The molecule has 0 aliphatic carbocycles. The molecule has 0 aliphatic rings. The van der Waals surface area contributed by atoms with Crippen molar-refractivity contribution in [3.05, 3.63) is 60.3 Å². The third-order valence-corrected chi connectivity index (χ3v) is 4.19. The second kappa shape index (κ2) is 16.8. The molecule has 0 N–H and O–H groups in total. The fourth-order valence-corrected chi connectivity index (χ4v) is 2.88. The third-order valence-electron chi connectivity index (χ3n) is 4.19. The van der Waals surface area contributed by atoms with Gasteiger partial charge in [-0.1, -0.05) is 59.8 Å². The first-order chi connectivity index (χ1) is 15.3. The zero-order valence-electron chi connectivity index (χ0n) is 21.5. The molecule has 2 rings (SSSR count). The van der Waals surface area contributed by atoms with Crippen molar-refractivity contribution in [2.75, 3.05) is 18.0 Å². The van der Waals surface area contributed by atoms with Gasteiger partial charge in [-0.3, -0.25) is 0 Å². The molecule has 176 valence electrons. The van der Waals surface area contributed by atoms with E-state index in [0.717, 1.165) is 43.7 Å². The standard InChI is InChI=1S/C17H26N4.C8H11N.C2H6/c1-6-7-8-9-10-21(13-17(3,4)5)16-14(2)12-19-15(11-18)20-16;1-2-3-6-9-7-4-5-8-9;1-2/h6-7,12H,8-10,13H2,1-5H3;3-8H,2H2,1H3;1-2H3/b7-6-;6-3+;. The Morgan fingerprint density at radius 1 is 1.16 bits per heavy atom. The molecule has 2 aromatic rings. The van der Waals surface area contributed by atoms with Gasteiger partial charge in [0, 0.05) is 43.4 Å². The Kier molecular flexibility index (Phi) is 15.3. The minimum Gasteiger partial charge on any atom is -0.356 e. The number of nitriles is 1. The first-order valence-electron chi connectivity index (χ1n) is 11.7. The van der Waals surface area contributed by atoms with E-state index in [4.69, 9.17) is 5.26 Å². The average Bonchev–Trinajstić information content (AvgIpc) is 3.29. The second-order valence-electron chi connectivity index (χ2n) is 8.43. The van der Waals surface area contributed by atoms with Crippen LogP contribution in [0.15, 0.2) is 49.0 Å². The molecule has 0 aromatic carbocycles. The van der Waals surface area contributed by atoms with E-state index in [1.807, 2.05) is 62.9 Å². The highest BCUT2D eigenvalue weighted by Gasteiger charge is 2.19. The Labute approximate surface area is 196 Å². The number of allylic oxidation sites excluding steroid dienone is 3. The average molecular weight is 438 g/mol. The van der Waals surface area contributed by atoms with Crippen molar-refractivity contribution in [2.24, 2.45) is 5.41 Å². The summed E-state index contributed by atoms with van der Waals surface area (Å²) in [6.07, 6.45) is 17.5. The predicted molar refractivity (Wildman–Crippen MR) is 139 cm³/mol. The fourth-order valence-electron chi connectivity index (χ4n) is 2.88. The Bertz CT molecular complexity index is 821. The maximum Gasteiger partial charge on any atom is 0.234 e. The summed E-state index contributed by atoms with van der Waals surface area (Å²) in [7, 11) is 0. The van der Waals surface area contributed by atoms with Crippen molar-refractivity contribution in [1.82, 2.24) is 14.5 Å². The van der Waals surface area contributed by atoms with Gasteiger partial charge in [0.2, 0.25) is 5.82 Å². The van der Waals surface area contributed by atoms with Crippen LogP contribution < -0.4 is 4.90 Å². The van der Waals surface area contributed by atoms with Crippen molar-refractivity contribution in [3.8, 4) is 6.07 Å². The molecule has 2 aromatic heterocycles. The Balaban J connectivity index is 0.000000723. The summed E-state index contributed by atoms with van der Waals surface area (Å²) < 4.78 is 2.03. The Hall–Kier alpha value is -2.87. The molecule has 32 heavy (non-hydrogen) atoms. The van der Waals surface area contributed by atoms with E-state index in [1.54, 1.807) is 6.20 Å². The van der Waals surface area contributed by atoms with E-state index in [9.17, 15) is 0 Å². The zero-order valence-corrected chi connectivity index (χ0v) is 21.5. The van der Waals surface area contributed by atoms with Gasteiger partial charge >= 0.3 is 0 Å². The van der Waals surface area contributed by atoms with Gasteiger partial charge in [-0.25, -0.2) is 9.97 Å². The first-order valence-corrected chi connectivity index (χ1v) is 11.7. The molecule has 0 atom stereocenters. The number of aromatic nitrogens is 3. The van der Waals surface area contributed by atoms with Gasteiger partial charge in [0.15, 0.2) is 0 Å². The third kappa shape index (κ3) is 12.7. The lowest BCUT2D eigenvalue weighted by molar-refractivity contribution is 0.407. The van der Waals surface area contributed by atoms with Crippen LogP contribution in [-0.2, 0) is 0 Å². The molecule has 0 bridgehead atoms. The van der Waals surface area contributed by atoms with Crippen LogP contribution in [0, 0.1) is 23.7 Å². The summed E-state index contributed by atoms with van der Waals surface area (Å²) in [5, 5.41) is 9.01. The van der Waals surface area contributed by atoms with Crippen LogP contribution in [0.2, 0.25) is 0 Å². The molecular formula is C27H43N5. The number of nitrogens with zero attached hydrogens (tertiary/aromatic N) is 5. The van der Waals surface area contributed by atoms with E-state index < -0.39 is 0 Å². The summed E-state index contributed by atoms with van der Waals surface area (Å²) in [4.78, 5) is 10.7. The number of unbranched alkanes of at least 4 members (excludes halogenated alkanes) is 1. The second-order valence-corrected chi connectivity index (χ2v) is 8.43. The van der Waals surface area contributed by atoms with Crippen molar-refractivity contribution >= 4 is 12.0 Å². The number of hydrogen-bond acceptors (Lipinski definition) is 4. The number of anilines is 1. The molecule has 0 radical (unpaired) electrons. The normalized spacial score (nSPS) is 10.8. The van der Waals surface area contributed by atoms with E-state index in [2.05, 4.69) is 67.0 Å². The van der Waals surface area contributed by atoms with Gasteiger partial charge in [-0.05, 0) is 50.7 Å². The van der Waals surface area contributed by atoms with Crippen LogP contribution >= 0.6 is 0 Å². The molecule has 0 spiro atoms. The zero-order chi connectivity index (χ0) is 24.4. The lowest BCUT2D eigenvalue weighted by atomic mass is 9.95. The monoisotopic (exact) mass is 437 g/mol. The van der Waals surface area contributed by atoms with Crippen molar-refractivity contribution in [1.29, 1.82) is 5.26 Å². The van der Waals surface area contributed by atoms with Crippen molar-refractivity contribution < 1.29 is 0 Å². The number of rotatable bonds is 8. The predicted octanol–water partition coefficient (Wildman–Crippen LogP) is 7.26. The number of aryl methyl sites for hydroxylation is 1. The van der Waals surface area contributed by atoms with E-state index in [-0.39, 0.29) is 11.2 Å². The van der Waals surface area contributed by atoms with Crippen LogP contribution in [0.5, 0.6) is 0 Å². The summed E-state index contributed by atoms with van der Waals surface area (Å²) in [5.41, 5.74) is 1.19. The lowest BCUT2D eigenvalue weighted by Crippen LogP contribution is -2.35. The minimum absolute atomic E-state index is 0.171. The van der Waals surface area contributed by atoms with Gasteiger partial charge in [0.05, 0.1) is 0 Å². The van der Waals surface area contributed by atoms with Crippen molar-refractivity contribution in [3.63, 3.8) is 0 Å². The molecule has 0 aliphatic heterocycles. The van der Waals surface area contributed by atoms with Crippen LogP contribution in [0.4, 0.5) is 5.82 Å². The Morgan fingerprint density at radius 3 is 2.34 bits per heavy atom. The smallest absolute Gasteiger partial charge is 0.234 e.